The van der Waals surface area contributed by atoms with Crippen molar-refractivity contribution < 1.29 is 14.3 Å². The molecule has 19 heavy (non-hydrogen) atoms. The molecule has 0 saturated carbocycles. The van der Waals surface area contributed by atoms with Gasteiger partial charge in [-0.15, -0.1) is 0 Å². The van der Waals surface area contributed by atoms with Gasteiger partial charge in [0.05, 0.1) is 18.1 Å². The first-order valence-electron chi connectivity index (χ1n) is 5.84. The Morgan fingerprint density at radius 1 is 1.47 bits per heavy atom. The minimum Gasteiger partial charge on any atom is -0.478 e. The van der Waals surface area contributed by atoms with Gasteiger partial charge in [-0.1, -0.05) is 0 Å². The van der Waals surface area contributed by atoms with E-state index in [2.05, 4.69) is 0 Å². The lowest BCUT2D eigenvalue weighted by atomic mass is 10.1. The SMILES string of the molecule is Cc1cc(N(C)Cc2ccoc2)cc(C(=O)O)c1N. The van der Waals surface area contributed by atoms with Crippen LogP contribution in [0.4, 0.5) is 11.4 Å². The second-order valence-electron chi connectivity index (χ2n) is 4.52. The highest BCUT2D eigenvalue weighted by Gasteiger charge is 2.14. The number of nitrogen functional groups attached to an aromatic ring is 1. The first kappa shape index (κ1) is 13.0. The lowest BCUT2D eigenvalue weighted by Gasteiger charge is -2.20. The van der Waals surface area contributed by atoms with Crippen LogP contribution in [0.1, 0.15) is 21.5 Å². The zero-order valence-corrected chi connectivity index (χ0v) is 10.9. The molecular weight excluding hydrogens is 244 g/mol. The van der Waals surface area contributed by atoms with E-state index in [1.807, 2.05) is 24.1 Å². The summed E-state index contributed by atoms with van der Waals surface area (Å²) in [7, 11) is 1.89. The minimum absolute atomic E-state index is 0.133. The number of furan rings is 1. The smallest absolute Gasteiger partial charge is 0.337 e. The number of carbonyl (C=O) groups is 1. The first-order chi connectivity index (χ1) is 8.99. The minimum atomic E-state index is -1.01. The summed E-state index contributed by atoms with van der Waals surface area (Å²) in [6, 6.07) is 5.34. The van der Waals surface area contributed by atoms with Crippen molar-refractivity contribution in [3.05, 3.63) is 47.4 Å². The van der Waals surface area contributed by atoms with E-state index in [1.54, 1.807) is 25.5 Å². The van der Waals surface area contributed by atoms with Crippen LogP contribution in [0, 0.1) is 6.92 Å². The van der Waals surface area contributed by atoms with E-state index in [9.17, 15) is 4.79 Å². The van der Waals surface area contributed by atoms with Gasteiger partial charge in [-0.2, -0.15) is 0 Å². The summed E-state index contributed by atoms with van der Waals surface area (Å²) < 4.78 is 5.02. The molecule has 2 rings (SSSR count). The molecule has 0 amide bonds. The monoisotopic (exact) mass is 260 g/mol. The summed E-state index contributed by atoms with van der Waals surface area (Å²) in [5.41, 5.74) is 8.81. The summed E-state index contributed by atoms with van der Waals surface area (Å²) in [4.78, 5) is 13.1. The molecule has 0 aliphatic heterocycles. The molecule has 0 aliphatic rings. The Hall–Kier alpha value is -2.43. The Morgan fingerprint density at radius 3 is 2.79 bits per heavy atom. The van der Waals surface area contributed by atoms with Gasteiger partial charge in [-0.25, -0.2) is 4.79 Å². The van der Waals surface area contributed by atoms with E-state index in [4.69, 9.17) is 15.3 Å². The Balaban J connectivity index is 2.32. The predicted molar refractivity (Wildman–Crippen MR) is 73.4 cm³/mol. The van der Waals surface area contributed by atoms with Gasteiger partial charge in [-0.05, 0) is 30.7 Å². The van der Waals surface area contributed by atoms with Gasteiger partial charge in [0.25, 0.3) is 0 Å². The summed E-state index contributed by atoms with van der Waals surface area (Å²) in [6.07, 6.45) is 3.28. The highest BCUT2D eigenvalue weighted by Crippen LogP contribution is 2.25. The molecule has 5 heteroatoms. The zero-order chi connectivity index (χ0) is 14.0. The van der Waals surface area contributed by atoms with Crippen molar-refractivity contribution in [1.29, 1.82) is 0 Å². The molecule has 0 atom stereocenters. The van der Waals surface area contributed by atoms with Crippen LogP contribution in [0.3, 0.4) is 0 Å². The molecule has 0 saturated heterocycles. The van der Waals surface area contributed by atoms with Crippen molar-refractivity contribution in [2.24, 2.45) is 0 Å². The summed E-state index contributed by atoms with van der Waals surface area (Å²) in [5, 5.41) is 9.14. The van der Waals surface area contributed by atoms with E-state index < -0.39 is 5.97 Å². The van der Waals surface area contributed by atoms with E-state index in [0.29, 0.717) is 12.2 Å². The van der Waals surface area contributed by atoms with Crippen LogP contribution in [0.5, 0.6) is 0 Å². The third kappa shape index (κ3) is 2.70. The molecule has 0 aliphatic carbocycles. The number of hydrogen-bond acceptors (Lipinski definition) is 4. The number of carboxylic acid groups (broad SMARTS) is 1. The van der Waals surface area contributed by atoms with Crippen LogP contribution in [0.15, 0.2) is 35.1 Å². The number of aryl methyl sites for hydroxylation is 1. The van der Waals surface area contributed by atoms with Gasteiger partial charge >= 0.3 is 5.97 Å². The van der Waals surface area contributed by atoms with Crippen molar-refractivity contribution >= 4 is 17.3 Å². The van der Waals surface area contributed by atoms with Crippen LogP contribution < -0.4 is 10.6 Å². The largest absolute Gasteiger partial charge is 0.478 e. The Bertz CT molecular complexity index is 591. The number of aromatic carboxylic acids is 1. The van der Waals surface area contributed by atoms with Crippen LogP contribution in [0.2, 0.25) is 0 Å². The molecule has 1 heterocycles. The fourth-order valence-electron chi connectivity index (χ4n) is 1.92. The Kier molecular flexibility index (Phi) is 3.46. The van der Waals surface area contributed by atoms with Crippen LogP contribution in [-0.2, 0) is 6.54 Å². The van der Waals surface area contributed by atoms with Crippen molar-refractivity contribution in [2.75, 3.05) is 17.7 Å². The second kappa shape index (κ2) is 5.06. The number of nitrogens with two attached hydrogens (primary N) is 1. The molecule has 100 valence electrons. The highest BCUT2D eigenvalue weighted by atomic mass is 16.4. The fourth-order valence-corrected chi connectivity index (χ4v) is 1.92. The lowest BCUT2D eigenvalue weighted by Crippen LogP contribution is -2.17. The van der Waals surface area contributed by atoms with Gasteiger partial charge in [0.15, 0.2) is 0 Å². The van der Waals surface area contributed by atoms with E-state index in [1.165, 1.54) is 0 Å². The number of carboxylic acids is 1. The molecule has 0 bridgehead atoms. The number of nitrogens with zero attached hydrogens (tertiary/aromatic N) is 1. The second-order valence-corrected chi connectivity index (χ2v) is 4.52. The van der Waals surface area contributed by atoms with Gasteiger partial charge in [0.1, 0.15) is 0 Å². The molecule has 3 N–H and O–H groups in total. The predicted octanol–water partition coefficient (Wildman–Crippen LogP) is 2.50. The van der Waals surface area contributed by atoms with Gasteiger partial charge < -0.3 is 20.2 Å². The van der Waals surface area contributed by atoms with Crippen molar-refractivity contribution in [3.8, 4) is 0 Å². The van der Waals surface area contributed by atoms with Crippen LogP contribution in [-0.4, -0.2) is 18.1 Å². The van der Waals surface area contributed by atoms with E-state index in [0.717, 1.165) is 16.8 Å². The summed E-state index contributed by atoms with van der Waals surface area (Å²) in [5.74, 6) is -1.01. The first-order valence-corrected chi connectivity index (χ1v) is 5.84. The Morgan fingerprint density at radius 2 is 2.21 bits per heavy atom. The van der Waals surface area contributed by atoms with Gasteiger partial charge in [0, 0.05) is 30.5 Å². The third-order valence-electron chi connectivity index (χ3n) is 3.04. The molecule has 5 nitrogen and oxygen atoms in total. The topological polar surface area (TPSA) is 79.7 Å². The average Bonchev–Trinajstić information content (AvgIpc) is 2.84. The number of benzene rings is 1. The number of anilines is 2. The number of rotatable bonds is 4. The Labute approximate surface area is 111 Å². The number of hydrogen-bond donors (Lipinski definition) is 2. The molecule has 2 aromatic rings. The van der Waals surface area contributed by atoms with E-state index >= 15 is 0 Å². The van der Waals surface area contributed by atoms with Crippen molar-refractivity contribution in [1.82, 2.24) is 0 Å². The normalized spacial score (nSPS) is 10.4. The maximum Gasteiger partial charge on any atom is 0.337 e. The zero-order valence-electron chi connectivity index (χ0n) is 10.9. The molecule has 0 fully saturated rings. The highest BCUT2D eigenvalue weighted by molar-refractivity contribution is 5.95. The van der Waals surface area contributed by atoms with Crippen molar-refractivity contribution in [2.45, 2.75) is 13.5 Å². The maximum atomic E-state index is 11.2. The average molecular weight is 260 g/mol. The standard InChI is InChI=1S/C14H16N2O3/c1-9-5-11(6-12(13(9)15)14(17)18)16(2)7-10-3-4-19-8-10/h3-6,8H,7,15H2,1-2H3,(H,17,18). The van der Waals surface area contributed by atoms with Crippen LogP contribution in [0.25, 0.3) is 0 Å². The molecule has 0 unspecified atom stereocenters. The van der Waals surface area contributed by atoms with Gasteiger partial charge in [-0.3, -0.25) is 0 Å². The summed E-state index contributed by atoms with van der Waals surface area (Å²) >= 11 is 0. The van der Waals surface area contributed by atoms with Crippen LogP contribution >= 0.6 is 0 Å². The lowest BCUT2D eigenvalue weighted by molar-refractivity contribution is 0.0698. The molecule has 1 aromatic carbocycles. The van der Waals surface area contributed by atoms with E-state index in [-0.39, 0.29) is 5.56 Å². The molecular formula is C14H16N2O3. The fraction of sp³-hybridized carbons (Fsp3) is 0.214. The molecule has 0 radical (unpaired) electrons. The van der Waals surface area contributed by atoms with Gasteiger partial charge in [0.2, 0.25) is 0 Å². The third-order valence-corrected chi connectivity index (χ3v) is 3.04. The quantitative estimate of drug-likeness (QED) is 0.826. The summed E-state index contributed by atoms with van der Waals surface area (Å²) in [6.45, 7) is 2.44. The molecule has 0 spiro atoms. The maximum absolute atomic E-state index is 11.2. The van der Waals surface area contributed by atoms with Crippen molar-refractivity contribution in [3.63, 3.8) is 0 Å². The molecule has 1 aromatic heterocycles.